The maximum Gasteiger partial charge on any atom is 0.355 e. The zero-order chi connectivity index (χ0) is 17.9. The number of nitrogens with one attached hydrogen (secondary N) is 2. The van der Waals surface area contributed by atoms with E-state index in [-0.39, 0.29) is 6.67 Å². The molecule has 0 spiro atoms. The summed E-state index contributed by atoms with van der Waals surface area (Å²) in [7, 11) is -2.74. The molecular weight excluding hydrogens is 344 g/mol. The third kappa shape index (κ3) is 3.59. The quantitative estimate of drug-likeness (QED) is 0.841. The first-order chi connectivity index (χ1) is 12.0. The third-order valence-corrected chi connectivity index (χ3v) is 4.46. The first-order valence-corrected chi connectivity index (χ1v) is 8.82. The minimum Gasteiger partial charge on any atom is -0.269 e. The van der Waals surface area contributed by atoms with E-state index in [1.807, 2.05) is 4.72 Å². The molecule has 3 rings (SSSR count). The number of rotatable bonds is 4. The Hall–Kier alpha value is -2.98. The van der Waals surface area contributed by atoms with Gasteiger partial charge in [-0.25, -0.2) is 19.2 Å². The first-order valence-electron chi connectivity index (χ1n) is 7.33. The van der Waals surface area contributed by atoms with Crippen LogP contribution in [-0.4, -0.2) is 39.4 Å². The first kappa shape index (κ1) is 16.9. The van der Waals surface area contributed by atoms with Gasteiger partial charge in [0.2, 0.25) is 0 Å². The molecule has 10 heteroatoms. The van der Waals surface area contributed by atoms with Gasteiger partial charge in [0.15, 0.2) is 0 Å². The number of urea groups is 1. The van der Waals surface area contributed by atoms with Crippen molar-refractivity contribution in [3.8, 4) is 0 Å². The van der Waals surface area contributed by atoms with Crippen LogP contribution in [0.15, 0.2) is 53.8 Å². The maximum atomic E-state index is 12.7. The summed E-state index contributed by atoms with van der Waals surface area (Å²) < 4.78 is 27.5. The number of nitrogens with zero attached hydrogens (tertiary/aromatic N) is 4. The van der Waals surface area contributed by atoms with Crippen molar-refractivity contribution >= 4 is 33.8 Å². The number of pyridine rings is 1. The highest BCUT2D eigenvalue weighted by molar-refractivity contribution is 7.88. The summed E-state index contributed by atoms with van der Waals surface area (Å²) in [5.74, 6) is 0. The molecule has 130 valence electrons. The second-order valence-corrected chi connectivity index (χ2v) is 6.67. The molecule has 2 heterocycles. The molecule has 1 aliphatic heterocycles. The number of aliphatic imine (C=N–C) groups is 1. The van der Waals surface area contributed by atoms with Gasteiger partial charge in [-0.2, -0.15) is 8.42 Å². The molecule has 1 aromatic carbocycles. The second kappa shape index (κ2) is 6.87. The lowest BCUT2D eigenvalue weighted by molar-refractivity contribution is 0.250. The summed E-state index contributed by atoms with van der Waals surface area (Å²) >= 11 is 0. The van der Waals surface area contributed by atoms with Gasteiger partial charge in [-0.15, -0.1) is 0 Å². The molecule has 0 radical (unpaired) electrons. The number of benzene rings is 1. The summed E-state index contributed by atoms with van der Waals surface area (Å²) in [6, 6.07) is 9.61. The van der Waals surface area contributed by atoms with Crippen LogP contribution in [0, 0.1) is 0 Å². The number of hydrogen-bond acceptors (Lipinski definition) is 6. The van der Waals surface area contributed by atoms with E-state index in [1.54, 1.807) is 60.0 Å². The number of amides is 2. The van der Waals surface area contributed by atoms with Crippen molar-refractivity contribution < 1.29 is 13.2 Å². The molecule has 0 fully saturated rings. The van der Waals surface area contributed by atoms with Crippen molar-refractivity contribution in [2.24, 2.45) is 4.99 Å². The number of carbonyl (C=O) groups excluding carboxylic acids is 1. The Morgan fingerprint density at radius 3 is 2.72 bits per heavy atom. The van der Waals surface area contributed by atoms with Gasteiger partial charge in [-0.1, -0.05) is 18.2 Å². The number of anilines is 2. The van der Waals surface area contributed by atoms with Crippen LogP contribution in [0.3, 0.4) is 0 Å². The molecule has 0 saturated carbocycles. The van der Waals surface area contributed by atoms with Gasteiger partial charge < -0.3 is 0 Å². The summed E-state index contributed by atoms with van der Waals surface area (Å²) in [6.07, 6.45) is 4.87. The molecule has 2 amide bonds. The van der Waals surface area contributed by atoms with Gasteiger partial charge in [0.25, 0.3) is 0 Å². The predicted octanol–water partition coefficient (Wildman–Crippen LogP) is 0.873. The Labute approximate surface area is 145 Å². The van der Waals surface area contributed by atoms with E-state index in [0.29, 0.717) is 11.4 Å². The van der Waals surface area contributed by atoms with Gasteiger partial charge in [-0.3, -0.25) is 15.0 Å². The van der Waals surface area contributed by atoms with E-state index in [1.165, 1.54) is 12.1 Å². The maximum absolute atomic E-state index is 12.7. The third-order valence-electron chi connectivity index (χ3n) is 3.48. The zero-order valence-electron chi connectivity index (χ0n) is 13.3. The Kier molecular flexibility index (Phi) is 4.63. The number of hydrogen-bond donors (Lipinski definition) is 2. The van der Waals surface area contributed by atoms with Crippen LogP contribution in [0.25, 0.3) is 0 Å². The summed E-state index contributed by atoms with van der Waals surface area (Å²) in [5, 5.41) is 2.80. The average Bonchev–Trinajstić information content (AvgIpc) is 2.63. The van der Waals surface area contributed by atoms with Gasteiger partial charge in [0.05, 0.1) is 11.4 Å². The number of para-hydroxylation sites is 1. The average molecular weight is 360 g/mol. The topological polar surface area (TPSA) is 107 Å². The van der Waals surface area contributed by atoms with Crippen LogP contribution >= 0.6 is 0 Å². The van der Waals surface area contributed by atoms with Crippen LogP contribution in [-0.2, 0) is 10.2 Å². The predicted molar refractivity (Wildman–Crippen MR) is 94.6 cm³/mol. The molecule has 0 saturated heterocycles. The van der Waals surface area contributed by atoms with Gasteiger partial charge >= 0.3 is 16.2 Å². The normalized spacial score (nSPS) is 13.2. The van der Waals surface area contributed by atoms with E-state index in [4.69, 9.17) is 0 Å². The Balaban J connectivity index is 2.04. The fourth-order valence-corrected chi connectivity index (χ4v) is 2.76. The van der Waals surface area contributed by atoms with Crippen LogP contribution in [0.5, 0.6) is 0 Å². The fourth-order valence-electron chi connectivity index (χ4n) is 2.34. The number of aromatic nitrogens is 1. The highest BCUT2D eigenvalue weighted by atomic mass is 32.2. The molecule has 0 unspecified atom stereocenters. The summed E-state index contributed by atoms with van der Waals surface area (Å²) in [4.78, 5) is 21.0. The van der Waals surface area contributed by atoms with E-state index >= 15 is 0 Å². The van der Waals surface area contributed by atoms with Crippen molar-refractivity contribution in [2.45, 2.75) is 0 Å². The standard InChI is InChI=1S/C15H16N6O3S/c1-16-25(23,24)19-15(22)21(13-5-3-2-4-6-13)20-11-18-10-12-9-17-8-7-14(12)20/h2-10,16H,11H2,1H3,(H,19,22). The molecule has 1 aromatic heterocycles. The largest absolute Gasteiger partial charge is 0.355 e. The second-order valence-electron chi connectivity index (χ2n) is 5.05. The highest BCUT2D eigenvalue weighted by Crippen LogP contribution is 2.27. The van der Waals surface area contributed by atoms with Crippen molar-refractivity contribution in [3.63, 3.8) is 0 Å². The monoisotopic (exact) mass is 360 g/mol. The lowest BCUT2D eigenvalue weighted by atomic mass is 10.2. The van der Waals surface area contributed by atoms with Crippen LogP contribution in [0.2, 0.25) is 0 Å². The lowest BCUT2D eigenvalue weighted by Gasteiger charge is -2.37. The SMILES string of the molecule is CNS(=O)(=O)NC(=O)N(c1ccccc1)N1CN=Cc2cnccc21. The lowest BCUT2D eigenvalue weighted by Crippen LogP contribution is -2.55. The van der Waals surface area contributed by atoms with E-state index < -0.39 is 16.2 Å². The van der Waals surface area contributed by atoms with Crippen molar-refractivity contribution in [3.05, 3.63) is 54.4 Å². The van der Waals surface area contributed by atoms with E-state index in [2.05, 4.69) is 14.7 Å². The van der Waals surface area contributed by atoms with Crippen molar-refractivity contribution in [1.29, 1.82) is 0 Å². The molecule has 25 heavy (non-hydrogen) atoms. The molecule has 1 aliphatic rings. The highest BCUT2D eigenvalue weighted by Gasteiger charge is 2.29. The van der Waals surface area contributed by atoms with Gasteiger partial charge in [-0.05, 0) is 18.2 Å². The smallest absolute Gasteiger partial charge is 0.269 e. The van der Waals surface area contributed by atoms with E-state index in [9.17, 15) is 13.2 Å². The van der Waals surface area contributed by atoms with E-state index in [0.717, 1.165) is 5.56 Å². The molecule has 9 nitrogen and oxygen atoms in total. The minimum atomic E-state index is -3.96. The summed E-state index contributed by atoms with van der Waals surface area (Å²) in [6.45, 7) is 0.152. The Bertz CT molecular complexity index is 900. The van der Waals surface area contributed by atoms with Crippen LogP contribution < -0.4 is 19.5 Å². The Morgan fingerprint density at radius 1 is 1.24 bits per heavy atom. The zero-order valence-corrected chi connectivity index (χ0v) is 14.1. The number of hydrazine groups is 1. The number of carbonyl (C=O) groups is 1. The van der Waals surface area contributed by atoms with Gasteiger partial charge in [0.1, 0.15) is 6.67 Å². The van der Waals surface area contributed by atoms with Crippen LogP contribution in [0.4, 0.5) is 16.2 Å². The minimum absolute atomic E-state index is 0.152. The molecule has 2 N–H and O–H groups in total. The molecule has 0 bridgehead atoms. The fraction of sp³-hybridized carbons (Fsp3) is 0.133. The molecular formula is C15H16N6O3S. The molecule has 0 atom stereocenters. The van der Waals surface area contributed by atoms with Crippen LogP contribution in [0.1, 0.15) is 5.56 Å². The van der Waals surface area contributed by atoms with Gasteiger partial charge in [0, 0.05) is 31.2 Å². The molecule has 0 aliphatic carbocycles. The molecule has 2 aromatic rings. The number of fused-ring (bicyclic) bond motifs is 1. The van der Waals surface area contributed by atoms with Crippen molar-refractivity contribution in [2.75, 3.05) is 23.7 Å². The summed E-state index contributed by atoms with van der Waals surface area (Å²) in [5.41, 5.74) is 1.90. The Morgan fingerprint density at radius 2 is 2.00 bits per heavy atom. The van der Waals surface area contributed by atoms with Crippen molar-refractivity contribution in [1.82, 2.24) is 14.4 Å².